The van der Waals surface area contributed by atoms with E-state index < -0.39 is 5.54 Å². The molecule has 0 aliphatic rings. The van der Waals surface area contributed by atoms with Crippen molar-refractivity contribution in [2.75, 3.05) is 6.54 Å². The van der Waals surface area contributed by atoms with E-state index in [1.807, 2.05) is 20.8 Å². The predicted molar refractivity (Wildman–Crippen MR) is 58.3 cm³/mol. The van der Waals surface area contributed by atoms with Crippen LogP contribution in [0.25, 0.3) is 0 Å². The third-order valence-electron chi connectivity index (χ3n) is 2.82. The number of carbonyl (C=O) groups excluding carboxylic acids is 1. The van der Waals surface area contributed by atoms with E-state index in [1.54, 1.807) is 0 Å². The minimum absolute atomic E-state index is 0.106. The largest absolute Gasteiger partial charge is 0.348 e. The first-order chi connectivity index (χ1) is 7.48. The van der Waals surface area contributed by atoms with Crippen molar-refractivity contribution in [2.45, 2.75) is 32.9 Å². The van der Waals surface area contributed by atoms with Crippen LogP contribution in [-0.2, 0) is 11.3 Å². The highest BCUT2D eigenvalue weighted by molar-refractivity contribution is 5.76. The fourth-order valence-corrected chi connectivity index (χ4v) is 1.19. The van der Waals surface area contributed by atoms with Crippen LogP contribution >= 0.6 is 0 Å². The Labute approximate surface area is 94.4 Å². The summed E-state index contributed by atoms with van der Waals surface area (Å²) in [6, 6.07) is 0. The summed E-state index contributed by atoms with van der Waals surface area (Å²) in [5.74, 6) is 0.115. The monoisotopic (exact) mass is 226 g/mol. The summed E-state index contributed by atoms with van der Waals surface area (Å²) in [5.41, 5.74) is 5.27. The van der Waals surface area contributed by atoms with E-state index in [1.165, 1.54) is 11.0 Å². The van der Waals surface area contributed by atoms with Crippen molar-refractivity contribution in [3.05, 3.63) is 6.33 Å². The Morgan fingerprint density at radius 1 is 1.62 bits per heavy atom. The van der Waals surface area contributed by atoms with Crippen molar-refractivity contribution in [1.29, 1.82) is 0 Å². The lowest BCUT2D eigenvalue weighted by Gasteiger charge is -2.33. The van der Waals surface area contributed by atoms with Gasteiger partial charge in [0.05, 0.1) is 5.54 Å². The van der Waals surface area contributed by atoms with E-state index in [0.29, 0.717) is 6.54 Å². The van der Waals surface area contributed by atoms with Gasteiger partial charge in [0.15, 0.2) is 0 Å². The van der Waals surface area contributed by atoms with Crippen molar-refractivity contribution in [2.24, 2.45) is 11.7 Å². The van der Waals surface area contributed by atoms with Crippen LogP contribution in [0.1, 0.15) is 20.8 Å². The Morgan fingerprint density at radius 3 is 2.75 bits per heavy atom. The zero-order valence-corrected chi connectivity index (χ0v) is 9.84. The van der Waals surface area contributed by atoms with E-state index in [2.05, 4.69) is 20.8 Å². The fraction of sp³-hybridized carbons (Fsp3) is 0.778. The molecule has 16 heavy (non-hydrogen) atoms. The first kappa shape index (κ1) is 12.6. The summed E-state index contributed by atoms with van der Waals surface area (Å²) in [5, 5.41) is 13.4. The van der Waals surface area contributed by atoms with Crippen molar-refractivity contribution < 1.29 is 4.79 Å². The molecule has 0 saturated heterocycles. The molecular formula is C9H18N6O. The Morgan fingerprint density at radius 2 is 2.31 bits per heavy atom. The molecule has 1 unspecified atom stereocenters. The number of aromatic nitrogens is 4. The van der Waals surface area contributed by atoms with E-state index in [9.17, 15) is 4.79 Å². The van der Waals surface area contributed by atoms with Crippen LogP contribution in [-0.4, -0.2) is 38.2 Å². The molecule has 0 saturated carbocycles. The highest BCUT2D eigenvalue weighted by Crippen LogP contribution is 2.14. The molecule has 7 nitrogen and oxygen atoms in total. The molecule has 0 aliphatic carbocycles. The quantitative estimate of drug-likeness (QED) is 0.682. The van der Waals surface area contributed by atoms with Gasteiger partial charge in [-0.05, 0) is 23.3 Å². The first-order valence-electron chi connectivity index (χ1n) is 5.20. The number of tetrazole rings is 1. The summed E-state index contributed by atoms with van der Waals surface area (Å²) in [6.45, 7) is 6.46. The Kier molecular flexibility index (Phi) is 3.94. The Balaban J connectivity index is 2.56. The topological polar surface area (TPSA) is 98.7 Å². The summed E-state index contributed by atoms with van der Waals surface area (Å²) >= 11 is 0. The number of carbonyl (C=O) groups is 1. The van der Waals surface area contributed by atoms with Gasteiger partial charge in [0.2, 0.25) is 5.91 Å². The highest BCUT2D eigenvalue weighted by atomic mass is 16.2. The van der Waals surface area contributed by atoms with E-state index in [0.717, 1.165) is 0 Å². The molecular weight excluding hydrogens is 208 g/mol. The second-order valence-corrected chi connectivity index (χ2v) is 4.33. The van der Waals surface area contributed by atoms with Crippen molar-refractivity contribution >= 4 is 5.91 Å². The van der Waals surface area contributed by atoms with Crippen LogP contribution in [0, 0.1) is 5.92 Å². The minimum Gasteiger partial charge on any atom is -0.348 e. The number of amides is 1. The zero-order valence-electron chi connectivity index (χ0n) is 9.84. The van der Waals surface area contributed by atoms with Gasteiger partial charge in [0.1, 0.15) is 12.9 Å². The average molecular weight is 226 g/mol. The van der Waals surface area contributed by atoms with Gasteiger partial charge in [-0.3, -0.25) is 4.79 Å². The molecule has 0 aliphatic heterocycles. The first-order valence-corrected chi connectivity index (χ1v) is 5.20. The average Bonchev–Trinajstić information content (AvgIpc) is 2.69. The number of nitrogens with zero attached hydrogens (tertiary/aromatic N) is 4. The van der Waals surface area contributed by atoms with Gasteiger partial charge < -0.3 is 11.1 Å². The van der Waals surface area contributed by atoms with Gasteiger partial charge in [-0.2, -0.15) is 0 Å². The van der Waals surface area contributed by atoms with Crippen molar-refractivity contribution in [3.63, 3.8) is 0 Å². The molecule has 1 heterocycles. The minimum atomic E-state index is -0.398. The van der Waals surface area contributed by atoms with Crippen LogP contribution in [0.4, 0.5) is 0 Å². The van der Waals surface area contributed by atoms with Gasteiger partial charge >= 0.3 is 0 Å². The van der Waals surface area contributed by atoms with Crippen LogP contribution < -0.4 is 11.1 Å². The van der Waals surface area contributed by atoms with Crippen LogP contribution in [0.5, 0.6) is 0 Å². The molecule has 0 fully saturated rings. The lowest BCUT2D eigenvalue weighted by atomic mass is 9.88. The summed E-state index contributed by atoms with van der Waals surface area (Å²) < 4.78 is 1.37. The molecule has 0 radical (unpaired) electrons. The van der Waals surface area contributed by atoms with Gasteiger partial charge in [-0.1, -0.05) is 13.8 Å². The van der Waals surface area contributed by atoms with E-state index >= 15 is 0 Å². The molecule has 1 rings (SSSR count). The third-order valence-corrected chi connectivity index (χ3v) is 2.82. The van der Waals surface area contributed by atoms with Crippen molar-refractivity contribution in [1.82, 2.24) is 25.5 Å². The zero-order chi connectivity index (χ0) is 12.2. The van der Waals surface area contributed by atoms with Crippen LogP contribution in [0.15, 0.2) is 6.33 Å². The molecule has 7 heteroatoms. The summed E-state index contributed by atoms with van der Waals surface area (Å²) in [6.07, 6.45) is 1.40. The highest BCUT2D eigenvalue weighted by Gasteiger charge is 2.28. The maximum atomic E-state index is 11.7. The van der Waals surface area contributed by atoms with Crippen LogP contribution in [0.3, 0.4) is 0 Å². The van der Waals surface area contributed by atoms with E-state index in [-0.39, 0.29) is 18.4 Å². The number of hydrogen-bond acceptors (Lipinski definition) is 5. The van der Waals surface area contributed by atoms with Gasteiger partial charge in [0, 0.05) is 6.54 Å². The van der Waals surface area contributed by atoms with Crippen molar-refractivity contribution in [3.8, 4) is 0 Å². The molecule has 1 amide bonds. The molecule has 0 aromatic carbocycles. The maximum absolute atomic E-state index is 11.7. The molecule has 1 atom stereocenters. The van der Waals surface area contributed by atoms with Gasteiger partial charge in [-0.25, -0.2) is 4.68 Å². The molecule has 0 bridgehead atoms. The number of nitrogens with two attached hydrogens (primary N) is 1. The molecule has 3 N–H and O–H groups in total. The predicted octanol–water partition coefficient (Wildman–Crippen LogP) is -0.837. The second kappa shape index (κ2) is 5.02. The van der Waals surface area contributed by atoms with Crippen LogP contribution in [0.2, 0.25) is 0 Å². The summed E-state index contributed by atoms with van der Waals surface area (Å²) in [7, 11) is 0. The molecule has 0 spiro atoms. The molecule has 1 aromatic heterocycles. The molecule has 1 aromatic rings. The normalized spacial score (nSPS) is 14.8. The lowest BCUT2D eigenvalue weighted by molar-refractivity contribution is -0.124. The smallest absolute Gasteiger partial charge is 0.242 e. The fourth-order valence-electron chi connectivity index (χ4n) is 1.19. The standard InChI is InChI=1S/C9H18N6O/c1-7(2)9(3,5-10)12-8(16)4-15-6-11-13-14-15/h6-7H,4-5,10H2,1-3H3,(H,12,16). The summed E-state index contributed by atoms with van der Waals surface area (Å²) in [4.78, 5) is 11.7. The Bertz CT molecular complexity index is 336. The Hall–Kier alpha value is -1.50. The number of hydrogen-bond donors (Lipinski definition) is 2. The number of nitrogens with one attached hydrogen (secondary N) is 1. The van der Waals surface area contributed by atoms with Gasteiger partial charge in [0.25, 0.3) is 0 Å². The SMILES string of the molecule is CC(C)C(C)(CN)NC(=O)Cn1cnnn1. The second-order valence-electron chi connectivity index (χ2n) is 4.33. The third kappa shape index (κ3) is 2.99. The van der Waals surface area contributed by atoms with Gasteiger partial charge in [-0.15, -0.1) is 5.10 Å². The lowest BCUT2D eigenvalue weighted by Crippen LogP contribution is -2.55. The molecule has 90 valence electrons. The number of rotatable bonds is 5. The maximum Gasteiger partial charge on any atom is 0.242 e. The van der Waals surface area contributed by atoms with E-state index in [4.69, 9.17) is 5.73 Å².